The Labute approximate surface area is 134 Å². The molecule has 3 aromatic rings. The van der Waals surface area contributed by atoms with Crippen molar-refractivity contribution in [3.8, 4) is 0 Å². The van der Waals surface area contributed by atoms with E-state index in [4.69, 9.17) is 23.2 Å². The molecule has 0 fully saturated rings. The number of nitrogens with zero attached hydrogens (tertiary/aromatic N) is 1. The molecule has 0 amide bonds. The second-order valence-electron chi connectivity index (χ2n) is 4.35. The van der Waals surface area contributed by atoms with Gasteiger partial charge in [-0.1, -0.05) is 29.3 Å². The molecule has 0 atom stereocenters. The van der Waals surface area contributed by atoms with Crippen LogP contribution in [0.25, 0.3) is 10.9 Å². The van der Waals surface area contributed by atoms with E-state index in [-0.39, 0.29) is 0 Å². The van der Waals surface area contributed by atoms with Crippen molar-refractivity contribution in [2.24, 2.45) is 0 Å². The molecule has 102 valence electrons. The molecular weight excluding hydrogens is 361 g/mol. The normalized spacial score (nSPS) is 10.9. The van der Waals surface area contributed by atoms with Crippen LogP contribution in [0.5, 0.6) is 0 Å². The van der Waals surface area contributed by atoms with Crippen molar-refractivity contribution < 1.29 is 0 Å². The van der Waals surface area contributed by atoms with Gasteiger partial charge in [-0.25, -0.2) is 4.98 Å². The van der Waals surface area contributed by atoms with Gasteiger partial charge in [0.1, 0.15) is 5.15 Å². The molecule has 2 N–H and O–H groups in total. The van der Waals surface area contributed by atoms with Crippen LogP contribution >= 0.6 is 39.1 Å². The maximum Gasteiger partial charge on any atom is 0.143 e. The fourth-order valence-electron chi connectivity index (χ4n) is 2.02. The number of anilines is 1. The van der Waals surface area contributed by atoms with E-state index in [0.29, 0.717) is 11.7 Å². The lowest BCUT2D eigenvalue weighted by Crippen LogP contribution is -1.99. The van der Waals surface area contributed by atoms with Crippen molar-refractivity contribution in [2.45, 2.75) is 6.54 Å². The SMILES string of the molecule is Clc1ccc2c(CNc3cnc(Cl)c(Br)c3)c[nH]c2c1. The van der Waals surface area contributed by atoms with E-state index >= 15 is 0 Å². The number of halogens is 3. The number of nitrogens with one attached hydrogen (secondary N) is 2. The molecule has 0 spiro atoms. The van der Waals surface area contributed by atoms with Gasteiger partial charge in [0.25, 0.3) is 0 Å². The molecule has 0 aliphatic rings. The zero-order chi connectivity index (χ0) is 14.1. The fraction of sp³-hybridized carbons (Fsp3) is 0.0714. The average molecular weight is 371 g/mol. The lowest BCUT2D eigenvalue weighted by Gasteiger charge is -2.06. The Kier molecular flexibility index (Phi) is 3.87. The van der Waals surface area contributed by atoms with Crippen LogP contribution in [0.4, 0.5) is 5.69 Å². The third-order valence-electron chi connectivity index (χ3n) is 3.01. The molecule has 0 unspecified atom stereocenters. The molecule has 0 saturated heterocycles. The number of fused-ring (bicyclic) bond motifs is 1. The standard InChI is InChI=1S/C14H10BrCl2N3/c15-12-4-10(7-20-14(12)17)18-5-8-6-19-13-3-9(16)1-2-11(8)13/h1-4,6-7,18-19H,5H2. The van der Waals surface area contributed by atoms with Gasteiger partial charge in [-0.3, -0.25) is 0 Å². The van der Waals surface area contributed by atoms with E-state index in [1.54, 1.807) is 6.20 Å². The van der Waals surface area contributed by atoms with Gasteiger partial charge in [-0.15, -0.1) is 0 Å². The zero-order valence-electron chi connectivity index (χ0n) is 10.3. The number of rotatable bonds is 3. The number of hydrogen-bond acceptors (Lipinski definition) is 2. The van der Waals surface area contributed by atoms with Crippen LogP contribution in [0, 0.1) is 0 Å². The second kappa shape index (κ2) is 5.64. The molecule has 0 aliphatic heterocycles. The molecule has 0 aliphatic carbocycles. The number of aromatic amines is 1. The quantitative estimate of drug-likeness (QED) is 0.618. The molecular formula is C14H10BrCl2N3. The maximum atomic E-state index is 5.97. The summed E-state index contributed by atoms with van der Waals surface area (Å²) in [5, 5.41) is 5.66. The Morgan fingerprint density at radius 1 is 1.25 bits per heavy atom. The molecule has 3 rings (SSSR count). The van der Waals surface area contributed by atoms with Gasteiger partial charge in [0, 0.05) is 28.7 Å². The summed E-state index contributed by atoms with van der Waals surface area (Å²) in [6.45, 7) is 0.692. The van der Waals surface area contributed by atoms with Crippen molar-refractivity contribution in [1.82, 2.24) is 9.97 Å². The lowest BCUT2D eigenvalue weighted by atomic mass is 10.2. The minimum absolute atomic E-state index is 0.456. The largest absolute Gasteiger partial charge is 0.380 e. The first-order valence-electron chi connectivity index (χ1n) is 5.94. The summed E-state index contributed by atoms with van der Waals surface area (Å²) in [4.78, 5) is 7.30. The minimum atomic E-state index is 0.456. The summed E-state index contributed by atoms with van der Waals surface area (Å²) in [6, 6.07) is 7.73. The van der Waals surface area contributed by atoms with E-state index in [1.165, 1.54) is 5.56 Å². The summed E-state index contributed by atoms with van der Waals surface area (Å²) in [5.41, 5.74) is 3.11. The summed E-state index contributed by atoms with van der Waals surface area (Å²) in [6.07, 6.45) is 3.69. The number of hydrogen-bond donors (Lipinski definition) is 2. The van der Waals surface area contributed by atoms with Crippen LogP contribution in [0.2, 0.25) is 10.2 Å². The highest BCUT2D eigenvalue weighted by atomic mass is 79.9. The van der Waals surface area contributed by atoms with E-state index in [0.717, 1.165) is 26.1 Å². The topological polar surface area (TPSA) is 40.7 Å². The first kappa shape index (κ1) is 13.7. The number of H-pyrrole nitrogens is 1. The Balaban J connectivity index is 1.81. The molecule has 2 heterocycles. The summed E-state index contributed by atoms with van der Waals surface area (Å²) in [5.74, 6) is 0. The van der Waals surface area contributed by atoms with Gasteiger partial charge in [-0.05, 0) is 39.7 Å². The Morgan fingerprint density at radius 3 is 2.90 bits per heavy atom. The first-order valence-corrected chi connectivity index (χ1v) is 7.49. The van der Waals surface area contributed by atoms with Crippen molar-refractivity contribution in [3.05, 3.63) is 56.9 Å². The van der Waals surface area contributed by atoms with Crippen molar-refractivity contribution >= 4 is 55.7 Å². The van der Waals surface area contributed by atoms with Gasteiger partial charge in [0.2, 0.25) is 0 Å². The Bertz CT molecular complexity index is 770. The third kappa shape index (κ3) is 2.77. The molecule has 1 aromatic carbocycles. The molecule has 3 nitrogen and oxygen atoms in total. The minimum Gasteiger partial charge on any atom is -0.380 e. The predicted octanol–water partition coefficient (Wildman–Crippen LogP) is 5.24. The molecule has 20 heavy (non-hydrogen) atoms. The van der Waals surface area contributed by atoms with Crippen LogP contribution < -0.4 is 5.32 Å². The smallest absolute Gasteiger partial charge is 0.143 e. The van der Waals surface area contributed by atoms with Crippen LogP contribution in [-0.2, 0) is 6.54 Å². The molecule has 0 radical (unpaired) electrons. The van der Waals surface area contributed by atoms with Crippen LogP contribution in [0.15, 0.2) is 41.1 Å². The summed E-state index contributed by atoms with van der Waals surface area (Å²) < 4.78 is 0.773. The summed E-state index contributed by atoms with van der Waals surface area (Å²) >= 11 is 15.2. The predicted molar refractivity (Wildman–Crippen MR) is 87.6 cm³/mol. The highest BCUT2D eigenvalue weighted by molar-refractivity contribution is 9.10. The van der Waals surface area contributed by atoms with E-state index in [1.807, 2.05) is 30.5 Å². The second-order valence-corrected chi connectivity index (χ2v) is 6.00. The molecule has 0 bridgehead atoms. The first-order chi connectivity index (χ1) is 9.63. The van der Waals surface area contributed by atoms with E-state index in [2.05, 4.69) is 31.2 Å². The maximum absolute atomic E-state index is 5.97. The number of benzene rings is 1. The van der Waals surface area contributed by atoms with Crippen molar-refractivity contribution in [2.75, 3.05) is 5.32 Å². The highest BCUT2D eigenvalue weighted by Crippen LogP contribution is 2.25. The van der Waals surface area contributed by atoms with Gasteiger partial charge in [0.05, 0.1) is 16.4 Å². The highest BCUT2D eigenvalue weighted by Gasteiger charge is 2.05. The fourth-order valence-corrected chi connectivity index (χ4v) is 2.64. The summed E-state index contributed by atoms with van der Waals surface area (Å²) in [7, 11) is 0. The number of pyridine rings is 1. The van der Waals surface area contributed by atoms with Crippen molar-refractivity contribution in [3.63, 3.8) is 0 Å². The number of aromatic nitrogens is 2. The molecule has 6 heteroatoms. The monoisotopic (exact) mass is 369 g/mol. The van der Waals surface area contributed by atoms with Gasteiger partial charge in [-0.2, -0.15) is 0 Å². The van der Waals surface area contributed by atoms with Crippen LogP contribution in [0.1, 0.15) is 5.56 Å². The molecule has 2 aromatic heterocycles. The average Bonchev–Trinajstić information content (AvgIpc) is 2.82. The lowest BCUT2D eigenvalue weighted by molar-refractivity contribution is 1.15. The zero-order valence-corrected chi connectivity index (χ0v) is 13.4. The molecule has 0 saturated carbocycles. The van der Waals surface area contributed by atoms with E-state index < -0.39 is 0 Å². The van der Waals surface area contributed by atoms with Crippen LogP contribution in [-0.4, -0.2) is 9.97 Å². The van der Waals surface area contributed by atoms with Gasteiger partial charge in [0.15, 0.2) is 0 Å². The van der Waals surface area contributed by atoms with Crippen molar-refractivity contribution in [1.29, 1.82) is 0 Å². The van der Waals surface area contributed by atoms with Crippen LogP contribution in [0.3, 0.4) is 0 Å². The van der Waals surface area contributed by atoms with E-state index in [9.17, 15) is 0 Å². The van der Waals surface area contributed by atoms with Gasteiger partial charge >= 0.3 is 0 Å². The third-order valence-corrected chi connectivity index (χ3v) is 4.38. The Hall–Kier alpha value is -1.23. The van der Waals surface area contributed by atoms with Gasteiger partial charge < -0.3 is 10.3 Å². The Morgan fingerprint density at radius 2 is 2.10 bits per heavy atom.